The lowest BCUT2D eigenvalue weighted by Crippen LogP contribution is -2.09. The highest BCUT2D eigenvalue weighted by Crippen LogP contribution is 2.25. The molecule has 0 saturated heterocycles. The maximum Gasteiger partial charge on any atom is 0.343 e. The molecular weight excluding hydrogens is 246 g/mol. The molecule has 0 aliphatic heterocycles. The highest BCUT2D eigenvalue weighted by atomic mass is 16.5. The van der Waals surface area contributed by atoms with Crippen molar-refractivity contribution in [1.82, 2.24) is 9.78 Å². The van der Waals surface area contributed by atoms with Crippen molar-refractivity contribution in [3.8, 4) is 5.75 Å². The molecule has 0 radical (unpaired) electrons. The van der Waals surface area contributed by atoms with Crippen LogP contribution in [0.2, 0.25) is 0 Å². The van der Waals surface area contributed by atoms with Gasteiger partial charge in [0.15, 0.2) is 0 Å². The van der Waals surface area contributed by atoms with E-state index in [-0.39, 0.29) is 5.56 Å². The van der Waals surface area contributed by atoms with Crippen LogP contribution in [0, 0.1) is 0 Å². The molecule has 100 valence electrons. The molecule has 0 amide bonds. The van der Waals surface area contributed by atoms with Crippen molar-refractivity contribution in [2.45, 2.75) is 6.61 Å². The van der Waals surface area contributed by atoms with Gasteiger partial charge in [0, 0.05) is 24.5 Å². The first-order valence-electron chi connectivity index (χ1n) is 5.69. The average Bonchev–Trinajstić information content (AvgIpc) is 2.81. The Hall–Kier alpha value is -2.50. The summed E-state index contributed by atoms with van der Waals surface area (Å²) in [4.78, 5) is 11.7. The Morgan fingerprint density at radius 2 is 2.26 bits per heavy atom. The minimum absolute atomic E-state index is 0.244. The Balaban J connectivity index is 2.20. The van der Waals surface area contributed by atoms with Crippen molar-refractivity contribution >= 4 is 11.7 Å². The van der Waals surface area contributed by atoms with E-state index in [1.807, 2.05) is 13.2 Å². The fraction of sp³-hybridized carbons (Fsp3) is 0.231. The van der Waals surface area contributed by atoms with Crippen molar-refractivity contribution in [3.63, 3.8) is 0 Å². The van der Waals surface area contributed by atoms with E-state index in [1.54, 1.807) is 29.1 Å². The number of carbonyl (C=O) groups is 1. The number of aryl methyl sites for hydroxylation is 1. The molecule has 6 nitrogen and oxygen atoms in total. The first-order valence-corrected chi connectivity index (χ1v) is 5.69. The fourth-order valence-corrected chi connectivity index (χ4v) is 1.70. The molecule has 0 atom stereocenters. The number of nitrogens with two attached hydrogens (primary N) is 1. The summed E-state index contributed by atoms with van der Waals surface area (Å²) in [6, 6.07) is 5.03. The van der Waals surface area contributed by atoms with Crippen LogP contribution >= 0.6 is 0 Å². The van der Waals surface area contributed by atoms with Crippen molar-refractivity contribution < 1.29 is 14.3 Å². The number of hydrogen-bond donors (Lipinski definition) is 1. The molecule has 1 aromatic carbocycles. The molecule has 2 rings (SSSR count). The van der Waals surface area contributed by atoms with E-state index in [1.165, 1.54) is 7.11 Å². The summed E-state index contributed by atoms with van der Waals surface area (Å²) in [5.74, 6) is -0.116. The molecule has 1 heterocycles. The van der Waals surface area contributed by atoms with Gasteiger partial charge in [-0.2, -0.15) is 5.10 Å². The molecule has 0 aliphatic carbocycles. The first-order chi connectivity index (χ1) is 9.11. The van der Waals surface area contributed by atoms with Crippen molar-refractivity contribution in [2.75, 3.05) is 12.8 Å². The Morgan fingerprint density at radius 1 is 1.47 bits per heavy atom. The van der Waals surface area contributed by atoms with Crippen LogP contribution in [0.15, 0.2) is 30.6 Å². The zero-order valence-corrected chi connectivity index (χ0v) is 10.8. The lowest BCUT2D eigenvalue weighted by atomic mass is 10.1. The maximum absolute atomic E-state index is 11.7. The summed E-state index contributed by atoms with van der Waals surface area (Å²) in [7, 11) is 3.13. The van der Waals surface area contributed by atoms with E-state index in [2.05, 4.69) is 5.10 Å². The normalized spacial score (nSPS) is 10.2. The van der Waals surface area contributed by atoms with Crippen LogP contribution in [0.25, 0.3) is 0 Å². The van der Waals surface area contributed by atoms with E-state index >= 15 is 0 Å². The topological polar surface area (TPSA) is 79.4 Å². The molecule has 2 aromatic rings. The zero-order chi connectivity index (χ0) is 13.8. The number of anilines is 1. The summed E-state index contributed by atoms with van der Waals surface area (Å²) in [6.07, 6.45) is 3.54. The van der Waals surface area contributed by atoms with Crippen molar-refractivity contribution in [1.29, 1.82) is 0 Å². The van der Waals surface area contributed by atoms with E-state index in [0.29, 0.717) is 18.0 Å². The number of nitrogen functional groups attached to an aromatic ring is 1. The Bertz CT molecular complexity index is 593. The number of aromatic nitrogens is 2. The smallest absolute Gasteiger partial charge is 0.343 e. The number of hydrogen-bond acceptors (Lipinski definition) is 5. The number of ether oxygens (including phenoxy) is 2. The van der Waals surface area contributed by atoms with Gasteiger partial charge in [-0.05, 0) is 12.1 Å². The van der Waals surface area contributed by atoms with Crippen LogP contribution in [0.5, 0.6) is 5.75 Å². The third kappa shape index (κ3) is 2.85. The van der Waals surface area contributed by atoms with Gasteiger partial charge in [-0.15, -0.1) is 0 Å². The third-order valence-electron chi connectivity index (χ3n) is 2.60. The van der Waals surface area contributed by atoms with E-state index in [0.717, 1.165) is 5.56 Å². The van der Waals surface area contributed by atoms with E-state index < -0.39 is 5.97 Å². The number of methoxy groups -OCH3 is 1. The third-order valence-corrected chi connectivity index (χ3v) is 2.60. The summed E-state index contributed by atoms with van der Waals surface area (Å²) in [6.45, 7) is 0.307. The Labute approximate surface area is 110 Å². The number of esters is 1. The van der Waals surface area contributed by atoms with Gasteiger partial charge in [-0.1, -0.05) is 6.07 Å². The van der Waals surface area contributed by atoms with Crippen molar-refractivity contribution in [2.24, 2.45) is 7.05 Å². The molecule has 0 spiro atoms. The fourth-order valence-electron chi connectivity index (χ4n) is 1.70. The number of carbonyl (C=O) groups excluding carboxylic acids is 1. The Kier molecular flexibility index (Phi) is 3.70. The molecule has 0 fully saturated rings. The van der Waals surface area contributed by atoms with Gasteiger partial charge in [-0.3, -0.25) is 4.68 Å². The molecular formula is C13H15N3O3. The molecule has 6 heteroatoms. The van der Waals surface area contributed by atoms with Gasteiger partial charge in [0.25, 0.3) is 0 Å². The van der Waals surface area contributed by atoms with Crippen LogP contribution < -0.4 is 10.5 Å². The SMILES string of the molecule is COC(=O)c1c(N)cccc1OCc1cnn(C)c1. The quantitative estimate of drug-likeness (QED) is 0.664. The second-order valence-electron chi connectivity index (χ2n) is 4.02. The van der Waals surface area contributed by atoms with Gasteiger partial charge in [0.05, 0.1) is 13.3 Å². The predicted molar refractivity (Wildman–Crippen MR) is 69.7 cm³/mol. The van der Waals surface area contributed by atoms with Crippen LogP contribution in [-0.2, 0) is 18.4 Å². The molecule has 0 unspecified atom stereocenters. The van der Waals surface area contributed by atoms with Gasteiger partial charge >= 0.3 is 5.97 Å². The number of benzene rings is 1. The summed E-state index contributed by atoms with van der Waals surface area (Å²) in [5.41, 5.74) is 7.25. The van der Waals surface area contributed by atoms with E-state index in [4.69, 9.17) is 15.2 Å². The molecule has 0 bridgehead atoms. The van der Waals surface area contributed by atoms with Crippen LogP contribution in [0.3, 0.4) is 0 Å². The average molecular weight is 261 g/mol. The molecule has 2 N–H and O–H groups in total. The highest BCUT2D eigenvalue weighted by molar-refractivity contribution is 5.98. The monoisotopic (exact) mass is 261 g/mol. The van der Waals surface area contributed by atoms with Gasteiger partial charge in [0.2, 0.25) is 0 Å². The standard InChI is InChI=1S/C13H15N3O3/c1-16-7-9(6-15-16)8-19-11-5-3-4-10(14)12(11)13(17)18-2/h3-7H,8,14H2,1-2H3. The van der Waals surface area contributed by atoms with Crippen LogP contribution in [0.1, 0.15) is 15.9 Å². The molecule has 19 heavy (non-hydrogen) atoms. The summed E-state index contributed by atoms with van der Waals surface area (Å²) in [5, 5.41) is 4.04. The largest absolute Gasteiger partial charge is 0.488 e. The maximum atomic E-state index is 11.7. The summed E-state index contributed by atoms with van der Waals surface area (Å²) < 4.78 is 12.0. The summed E-state index contributed by atoms with van der Waals surface area (Å²) >= 11 is 0. The van der Waals surface area contributed by atoms with Gasteiger partial charge < -0.3 is 15.2 Å². The second kappa shape index (κ2) is 5.43. The second-order valence-corrected chi connectivity index (χ2v) is 4.02. The Morgan fingerprint density at radius 3 is 2.89 bits per heavy atom. The van der Waals surface area contributed by atoms with E-state index in [9.17, 15) is 4.79 Å². The van der Waals surface area contributed by atoms with Crippen molar-refractivity contribution in [3.05, 3.63) is 41.7 Å². The molecule has 1 aromatic heterocycles. The zero-order valence-electron chi connectivity index (χ0n) is 10.8. The minimum atomic E-state index is -0.515. The minimum Gasteiger partial charge on any atom is -0.488 e. The lowest BCUT2D eigenvalue weighted by Gasteiger charge is -2.11. The lowest BCUT2D eigenvalue weighted by molar-refractivity contribution is 0.0597. The van der Waals surface area contributed by atoms with Gasteiger partial charge in [-0.25, -0.2) is 4.79 Å². The number of nitrogens with zero attached hydrogens (tertiary/aromatic N) is 2. The first kappa shape index (κ1) is 12.9. The molecule has 0 aliphatic rings. The molecule has 0 saturated carbocycles. The predicted octanol–water partition coefficient (Wildman–Crippen LogP) is 1.37. The highest BCUT2D eigenvalue weighted by Gasteiger charge is 2.16. The van der Waals surface area contributed by atoms with Crippen LogP contribution in [0.4, 0.5) is 5.69 Å². The number of rotatable bonds is 4. The van der Waals surface area contributed by atoms with Gasteiger partial charge in [0.1, 0.15) is 17.9 Å². The van der Waals surface area contributed by atoms with Crippen LogP contribution in [-0.4, -0.2) is 22.9 Å².